The molecule has 2 rings (SSSR count). The van der Waals surface area contributed by atoms with E-state index in [1.807, 2.05) is 0 Å². The van der Waals surface area contributed by atoms with Crippen molar-refractivity contribution in [2.75, 3.05) is 25.0 Å². The van der Waals surface area contributed by atoms with Crippen molar-refractivity contribution < 1.29 is 14.5 Å². The molecule has 1 saturated heterocycles. The summed E-state index contributed by atoms with van der Waals surface area (Å²) in [5.74, 6) is -0.217. The first kappa shape index (κ1) is 15.1. The minimum Gasteiger partial charge on any atom is -0.346 e. The van der Waals surface area contributed by atoms with Crippen LogP contribution in [0.5, 0.6) is 0 Å². The van der Waals surface area contributed by atoms with Gasteiger partial charge in [0.25, 0.3) is 11.8 Å². The number of amides is 2. The number of halogens is 2. The van der Waals surface area contributed by atoms with Crippen molar-refractivity contribution in [2.24, 2.45) is 0 Å². The highest BCUT2D eigenvalue weighted by molar-refractivity contribution is 6.35. The summed E-state index contributed by atoms with van der Waals surface area (Å²) in [5, 5.41) is 6.43. The van der Waals surface area contributed by atoms with Crippen LogP contribution in [-0.2, 0) is 9.59 Å². The number of rotatable bonds is 3. The summed E-state index contributed by atoms with van der Waals surface area (Å²) in [6, 6.07) is 4.55. The van der Waals surface area contributed by atoms with Crippen LogP contribution in [0.25, 0.3) is 0 Å². The Balaban J connectivity index is 2.03. The normalized spacial score (nSPS) is 20.1. The van der Waals surface area contributed by atoms with Crippen molar-refractivity contribution in [1.82, 2.24) is 5.32 Å². The molecule has 2 atom stereocenters. The van der Waals surface area contributed by atoms with E-state index in [4.69, 9.17) is 23.2 Å². The number of anilines is 1. The first-order valence-corrected chi connectivity index (χ1v) is 7.10. The highest BCUT2D eigenvalue weighted by Gasteiger charge is 2.30. The van der Waals surface area contributed by atoms with Gasteiger partial charge in [-0.3, -0.25) is 9.59 Å². The van der Waals surface area contributed by atoms with Crippen LogP contribution in [0.15, 0.2) is 18.2 Å². The van der Waals surface area contributed by atoms with Crippen molar-refractivity contribution in [3.05, 3.63) is 28.2 Å². The summed E-state index contributed by atoms with van der Waals surface area (Å²) < 4.78 is 0. The molecule has 1 aliphatic rings. The molecule has 1 fully saturated rings. The third kappa shape index (κ3) is 3.62. The van der Waals surface area contributed by atoms with Crippen LogP contribution in [0.1, 0.15) is 6.92 Å². The molecule has 0 radical (unpaired) electrons. The van der Waals surface area contributed by atoms with E-state index in [1.165, 1.54) is 0 Å². The molecule has 0 bridgehead atoms. The van der Waals surface area contributed by atoms with Crippen LogP contribution in [0.4, 0.5) is 5.69 Å². The Morgan fingerprint density at radius 2 is 2.20 bits per heavy atom. The lowest BCUT2D eigenvalue weighted by Gasteiger charge is -2.28. The van der Waals surface area contributed by atoms with Gasteiger partial charge in [0.15, 0.2) is 12.6 Å². The van der Waals surface area contributed by atoms with Gasteiger partial charge in [-0.2, -0.15) is 0 Å². The Labute approximate surface area is 127 Å². The van der Waals surface area contributed by atoms with Crippen molar-refractivity contribution >= 4 is 40.7 Å². The first-order valence-electron chi connectivity index (χ1n) is 6.34. The maximum Gasteiger partial charge on any atom is 0.282 e. The number of hydrogen-bond donors (Lipinski definition) is 3. The predicted octanol–water partition coefficient (Wildman–Crippen LogP) is 0.335. The lowest BCUT2D eigenvalue weighted by atomic mass is 10.2. The number of hydrogen-bond acceptors (Lipinski definition) is 2. The fourth-order valence-corrected chi connectivity index (χ4v) is 2.45. The van der Waals surface area contributed by atoms with E-state index >= 15 is 0 Å². The van der Waals surface area contributed by atoms with Crippen LogP contribution in [-0.4, -0.2) is 37.5 Å². The maximum absolute atomic E-state index is 12.2. The van der Waals surface area contributed by atoms with Crippen LogP contribution in [0, 0.1) is 0 Å². The molecule has 7 heteroatoms. The van der Waals surface area contributed by atoms with Crippen molar-refractivity contribution in [3.63, 3.8) is 0 Å². The highest BCUT2D eigenvalue weighted by Crippen LogP contribution is 2.25. The zero-order chi connectivity index (χ0) is 14.7. The van der Waals surface area contributed by atoms with Crippen molar-refractivity contribution in [3.8, 4) is 0 Å². The van der Waals surface area contributed by atoms with Crippen molar-refractivity contribution in [1.29, 1.82) is 0 Å². The van der Waals surface area contributed by atoms with Gasteiger partial charge in [-0.25, -0.2) is 0 Å². The number of piperazine rings is 1. The van der Waals surface area contributed by atoms with E-state index < -0.39 is 0 Å². The molecule has 0 saturated carbocycles. The molecule has 0 aliphatic carbocycles. The van der Waals surface area contributed by atoms with Crippen LogP contribution >= 0.6 is 23.2 Å². The molecule has 1 aromatic rings. The minimum absolute atomic E-state index is 0.0355. The SMILES string of the molecule is C[C@@H](C(=O)Nc1cc(Cl)ccc1Cl)[NH+]1CCNC(=O)C1. The second kappa shape index (κ2) is 6.43. The summed E-state index contributed by atoms with van der Waals surface area (Å²) in [6.45, 7) is 3.41. The third-order valence-corrected chi connectivity index (χ3v) is 3.91. The molecule has 1 aromatic carbocycles. The van der Waals surface area contributed by atoms with E-state index in [0.29, 0.717) is 28.8 Å². The second-order valence-electron chi connectivity index (χ2n) is 4.77. The van der Waals surface area contributed by atoms with Gasteiger partial charge >= 0.3 is 0 Å². The lowest BCUT2D eigenvalue weighted by Crippen LogP contribution is -3.19. The predicted molar refractivity (Wildman–Crippen MR) is 78.3 cm³/mol. The number of quaternary nitrogens is 1. The summed E-state index contributed by atoms with van der Waals surface area (Å²) >= 11 is 11.9. The zero-order valence-electron chi connectivity index (χ0n) is 11.0. The van der Waals surface area contributed by atoms with Gasteiger partial charge in [0.2, 0.25) is 0 Å². The van der Waals surface area contributed by atoms with E-state index in [9.17, 15) is 9.59 Å². The molecule has 108 valence electrons. The molecule has 3 N–H and O–H groups in total. The quantitative estimate of drug-likeness (QED) is 0.753. The largest absolute Gasteiger partial charge is 0.346 e. The molecule has 2 amide bonds. The Bertz CT molecular complexity index is 536. The first-order chi connectivity index (χ1) is 9.47. The Morgan fingerprint density at radius 1 is 1.45 bits per heavy atom. The molecule has 20 heavy (non-hydrogen) atoms. The zero-order valence-corrected chi connectivity index (χ0v) is 12.5. The van der Waals surface area contributed by atoms with Gasteiger partial charge in [0, 0.05) is 5.02 Å². The Morgan fingerprint density at radius 3 is 2.90 bits per heavy atom. The number of carbonyl (C=O) groups excluding carboxylic acids is 2. The molecule has 5 nitrogen and oxygen atoms in total. The number of carbonyl (C=O) groups is 2. The standard InChI is InChI=1S/C13H15Cl2N3O2/c1-8(18-5-4-16-12(19)7-18)13(20)17-11-6-9(14)2-3-10(11)15/h2-3,6,8H,4-5,7H2,1H3,(H,16,19)(H,17,20)/p+1/t8-/m0/s1. The van der Waals surface area contributed by atoms with Gasteiger partial charge in [-0.1, -0.05) is 23.2 Å². The van der Waals surface area contributed by atoms with E-state index in [0.717, 1.165) is 11.4 Å². The van der Waals surface area contributed by atoms with Crippen LogP contribution in [0.2, 0.25) is 10.0 Å². The van der Waals surface area contributed by atoms with Crippen LogP contribution < -0.4 is 15.5 Å². The van der Waals surface area contributed by atoms with Gasteiger partial charge in [-0.15, -0.1) is 0 Å². The second-order valence-corrected chi connectivity index (χ2v) is 5.61. The number of nitrogens with one attached hydrogen (secondary N) is 3. The summed E-state index contributed by atoms with van der Waals surface area (Å²) in [5.41, 5.74) is 0.483. The molecule has 0 aromatic heterocycles. The maximum atomic E-state index is 12.2. The average Bonchev–Trinajstić information content (AvgIpc) is 2.42. The lowest BCUT2D eigenvalue weighted by molar-refractivity contribution is -0.907. The molecule has 0 spiro atoms. The average molecular weight is 317 g/mol. The Kier molecular flexibility index (Phi) is 4.86. The summed E-state index contributed by atoms with van der Waals surface area (Å²) in [6.07, 6.45) is 0. The molecular formula is C13H16Cl2N3O2+. The third-order valence-electron chi connectivity index (χ3n) is 3.35. The number of benzene rings is 1. The molecule has 1 aliphatic heterocycles. The fraction of sp³-hybridized carbons (Fsp3) is 0.385. The summed E-state index contributed by atoms with van der Waals surface area (Å²) in [7, 11) is 0. The fourth-order valence-electron chi connectivity index (χ4n) is 2.11. The van der Waals surface area contributed by atoms with E-state index in [2.05, 4.69) is 10.6 Å². The molecular weight excluding hydrogens is 301 g/mol. The van der Waals surface area contributed by atoms with Gasteiger partial charge in [0.05, 0.1) is 23.8 Å². The van der Waals surface area contributed by atoms with Gasteiger partial charge in [-0.05, 0) is 25.1 Å². The molecule has 1 heterocycles. The topological polar surface area (TPSA) is 62.6 Å². The summed E-state index contributed by atoms with van der Waals surface area (Å²) in [4.78, 5) is 24.5. The minimum atomic E-state index is -0.337. The molecule has 1 unspecified atom stereocenters. The van der Waals surface area contributed by atoms with Gasteiger partial charge in [0.1, 0.15) is 0 Å². The van der Waals surface area contributed by atoms with E-state index in [1.54, 1.807) is 25.1 Å². The highest BCUT2D eigenvalue weighted by atomic mass is 35.5. The van der Waals surface area contributed by atoms with E-state index in [-0.39, 0.29) is 17.9 Å². The smallest absolute Gasteiger partial charge is 0.282 e. The van der Waals surface area contributed by atoms with Crippen molar-refractivity contribution in [2.45, 2.75) is 13.0 Å². The Hall–Kier alpha value is -1.30. The van der Waals surface area contributed by atoms with Gasteiger partial charge < -0.3 is 15.5 Å². The monoisotopic (exact) mass is 316 g/mol. The van der Waals surface area contributed by atoms with Crippen LogP contribution in [0.3, 0.4) is 0 Å².